The van der Waals surface area contributed by atoms with Crippen molar-refractivity contribution in [1.82, 2.24) is 4.98 Å². The minimum absolute atomic E-state index is 0.0455. The number of aliphatic hydroxyl groups is 1. The van der Waals surface area contributed by atoms with Gasteiger partial charge in [-0.25, -0.2) is 4.98 Å². The molecule has 0 aliphatic carbocycles. The molecule has 0 aliphatic rings. The van der Waals surface area contributed by atoms with E-state index in [-0.39, 0.29) is 6.61 Å². The Balaban J connectivity index is 2.46. The second-order valence-corrected chi connectivity index (χ2v) is 3.77. The number of fused-ring (bicyclic) bond motifs is 1. The molecule has 3 heteroatoms. The number of pyridine rings is 1. The number of para-hydroxylation sites is 1. The molecule has 16 heavy (non-hydrogen) atoms. The van der Waals surface area contributed by atoms with E-state index in [1.54, 1.807) is 0 Å². The summed E-state index contributed by atoms with van der Waals surface area (Å²) in [5.41, 5.74) is 1.84. The first kappa shape index (κ1) is 10.9. The summed E-state index contributed by atoms with van der Waals surface area (Å²) in [6.45, 7) is 3.06. The molecule has 0 saturated heterocycles. The molecule has 0 aliphatic heterocycles. The number of aromatic nitrogens is 1. The molecule has 0 atom stereocenters. The molecule has 84 valence electrons. The molecule has 1 heterocycles. The predicted octanol–water partition coefficient (Wildman–Crippen LogP) is 2.55. The number of hydrogen-bond donors (Lipinski definition) is 2. The number of rotatable bonds is 4. The second-order valence-electron chi connectivity index (χ2n) is 3.77. The van der Waals surface area contributed by atoms with E-state index in [1.807, 2.05) is 30.3 Å². The third-order valence-corrected chi connectivity index (χ3v) is 2.53. The van der Waals surface area contributed by atoms with Gasteiger partial charge in [-0.1, -0.05) is 25.1 Å². The number of nitrogens with zero attached hydrogens (tertiary/aromatic N) is 1. The van der Waals surface area contributed by atoms with Crippen LogP contribution < -0.4 is 5.32 Å². The summed E-state index contributed by atoms with van der Waals surface area (Å²) >= 11 is 0. The standard InChI is InChI=1S/C13H16N2O/c1-2-7-14-13-8-10(9-16)11-5-3-4-6-12(11)15-13/h3-6,8,16H,2,7,9H2,1H3,(H,14,15). The van der Waals surface area contributed by atoms with Gasteiger partial charge in [0.25, 0.3) is 0 Å². The molecule has 0 unspecified atom stereocenters. The first-order chi connectivity index (χ1) is 7.85. The molecule has 0 spiro atoms. The van der Waals surface area contributed by atoms with Crippen LogP contribution in [0.25, 0.3) is 10.9 Å². The molecule has 2 rings (SSSR count). The fourth-order valence-corrected chi connectivity index (χ4v) is 1.72. The molecule has 0 radical (unpaired) electrons. The van der Waals surface area contributed by atoms with Crippen molar-refractivity contribution in [3.63, 3.8) is 0 Å². The van der Waals surface area contributed by atoms with Crippen LogP contribution in [0, 0.1) is 0 Å². The van der Waals surface area contributed by atoms with Crippen molar-refractivity contribution in [2.75, 3.05) is 11.9 Å². The topological polar surface area (TPSA) is 45.1 Å². The largest absolute Gasteiger partial charge is 0.392 e. The van der Waals surface area contributed by atoms with Crippen LogP contribution in [-0.4, -0.2) is 16.6 Å². The van der Waals surface area contributed by atoms with Crippen LogP contribution in [-0.2, 0) is 6.61 Å². The zero-order valence-corrected chi connectivity index (χ0v) is 9.40. The highest BCUT2D eigenvalue weighted by molar-refractivity contribution is 5.83. The Labute approximate surface area is 95.1 Å². The fourth-order valence-electron chi connectivity index (χ4n) is 1.72. The summed E-state index contributed by atoms with van der Waals surface area (Å²) in [4.78, 5) is 4.50. The molecule has 2 N–H and O–H groups in total. The van der Waals surface area contributed by atoms with Gasteiger partial charge in [0.05, 0.1) is 12.1 Å². The van der Waals surface area contributed by atoms with Crippen LogP contribution in [0.4, 0.5) is 5.82 Å². The molecular formula is C13H16N2O. The summed E-state index contributed by atoms with van der Waals surface area (Å²) in [5.74, 6) is 0.838. The lowest BCUT2D eigenvalue weighted by atomic mass is 10.1. The van der Waals surface area contributed by atoms with Gasteiger partial charge in [-0.05, 0) is 24.1 Å². The minimum Gasteiger partial charge on any atom is -0.392 e. The highest BCUT2D eigenvalue weighted by Gasteiger charge is 2.03. The van der Waals surface area contributed by atoms with Crippen molar-refractivity contribution in [3.05, 3.63) is 35.9 Å². The summed E-state index contributed by atoms with van der Waals surface area (Å²) < 4.78 is 0. The van der Waals surface area contributed by atoms with Crippen LogP contribution in [0.1, 0.15) is 18.9 Å². The zero-order valence-electron chi connectivity index (χ0n) is 9.40. The average Bonchev–Trinajstić information content (AvgIpc) is 2.35. The predicted molar refractivity (Wildman–Crippen MR) is 66.4 cm³/mol. The molecule has 0 amide bonds. The van der Waals surface area contributed by atoms with Gasteiger partial charge in [0, 0.05) is 11.9 Å². The smallest absolute Gasteiger partial charge is 0.127 e. The Hall–Kier alpha value is -1.61. The molecule has 2 aromatic rings. The molecule has 0 fully saturated rings. The lowest BCUT2D eigenvalue weighted by Crippen LogP contribution is -2.03. The van der Waals surface area contributed by atoms with Crippen molar-refractivity contribution in [2.45, 2.75) is 20.0 Å². The number of anilines is 1. The maximum atomic E-state index is 9.33. The summed E-state index contributed by atoms with van der Waals surface area (Å²) in [5, 5.41) is 13.6. The summed E-state index contributed by atoms with van der Waals surface area (Å²) in [6.07, 6.45) is 1.06. The van der Waals surface area contributed by atoms with Gasteiger partial charge in [-0.2, -0.15) is 0 Å². The second kappa shape index (κ2) is 4.94. The molecule has 1 aromatic carbocycles. The van der Waals surface area contributed by atoms with Gasteiger partial charge in [-0.3, -0.25) is 0 Å². The average molecular weight is 216 g/mol. The normalized spacial score (nSPS) is 10.6. The van der Waals surface area contributed by atoms with Gasteiger partial charge in [0.2, 0.25) is 0 Å². The number of benzene rings is 1. The van der Waals surface area contributed by atoms with Crippen LogP contribution in [0.15, 0.2) is 30.3 Å². The Morgan fingerprint density at radius 1 is 1.31 bits per heavy atom. The lowest BCUT2D eigenvalue weighted by Gasteiger charge is -2.08. The Bertz CT molecular complexity index is 482. The highest BCUT2D eigenvalue weighted by atomic mass is 16.3. The molecule has 3 nitrogen and oxygen atoms in total. The first-order valence-corrected chi connectivity index (χ1v) is 5.58. The zero-order chi connectivity index (χ0) is 11.4. The van der Waals surface area contributed by atoms with Crippen LogP contribution >= 0.6 is 0 Å². The van der Waals surface area contributed by atoms with Gasteiger partial charge >= 0.3 is 0 Å². The Morgan fingerprint density at radius 2 is 2.12 bits per heavy atom. The van der Waals surface area contributed by atoms with E-state index in [1.165, 1.54) is 0 Å². The highest BCUT2D eigenvalue weighted by Crippen LogP contribution is 2.20. The molecule has 0 saturated carbocycles. The maximum Gasteiger partial charge on any atom is 0.127 e. The van der Waals surface area contributed by atoms with Crippen molar-refractivity contribution in [1.29, 1.82) is 0 Å². The Morgan fingerprint density at radius 3 is 2.88 bits per heavy atom. The minimum atomic E-state index is 0.0455. The SMILES string of the molecule is CCCNc1cc(CO)c2ccccc2n1. The summed E-state index contributed by atoms with van der Waals surface area (Å²) in [6, 6.07) is 9.78. The van der Waals surface area contributed by atoms with Crippen molar-refractivity contribution >= 4 is 16.7 Å². The quantitative estimate of drug-likeness (QED) is 0.825. The molecule has 0 bridgehead atoms. The van der Waals surface area contributed by atoms with Gasteiger partial charge < -0.3 is 10.4 Å². The summed E-state index contributed by atoms with van der Waals surface area (Å²) in [7, 11) is 0. The van der Waals surface area contributed by atoms with Crippen LogP contribution in [0.3, 0.4) is 0 Å². The van der Waals surface area contributed by atoms with Crippen LogP contribution in [0.2, 0.25) is 0 Å². The first-order valence-electron chi connectivity index (χ1n) is 5.58. The van der Waals surface area contributed by atoms with E-state index in [0.29, 0.717) is 0 Å². The van der Waals surface area contributed by atoms with Crippen molar-refractivity contribution in [3.8, 4) is 0 Å². The molecule has 1 aromatic heterocycles. The van der Waals surface area contributed by atoms with Gasteiger partial charge in [0.1, 0.15) is 5.82 Å². The van der Waals surface area contributed by atoms with E-state index in [4.69, 9.17) is 0 Å². The van der Waals surface area contributed by atoms with E-state index < -0.39 is 0 Å². The van der Waals surface area contributed by atoms with E-state index in [2.05, 4.69) is 17.2 Å². The fraction of sp³-hybridized carbons (Fsp3) is 0.308. The number of nitrogens with one attached hydrogen (secondary N) is 1. The van der Waals surface area contributed by atoms with Crippen LogP contribution in [0.5, 0.6) is 0 Å². The third kappa shape index (κ3) is 2.14. The molecular weight excluding hydrogens is 200 g/mol. The van der Waals surface area contributed by atoms with Crippen molar-refractivity contribution in [2.24, 2.45) is 0 Å². The monoisotopic (exact) mass is 216 g/mol. The van der Waals surface area contributed by atoms with Gasteiger partial charge in [0.15, 0.2) is 0 Å². The third-order valence-electron chi connectivity index (χ3n) is 2.53. The van der Waals surface area contributed by atoms with E-state index >= 15 is 0 Å². The van der Waals surface area contributed by atoms with Crippen molar-refractivity contribution < 1.29 is 5.11 Å². The number of hydrogen-bond acceptors (Lipinski definition) is 3. The van der Waals surface area contributed by atoms with E-state index in [0.717, 1.165) is 35.2 Å². The number of aliphatic hydroxyl groups excluding tert-OH is 1. The van der Waals surface area contributed by atoms with Gasteiger partial charge in [-0.15, -0.1) is 0 Å². The maximum absolute atomic E-state index is 9.33. The lowest BCUT2D eigenvalue weighted by molar-refractivity contribution is 0.283. The Kier molecular flexibility index (Phi) is 3.37. The van der Waals surface area contributed by atoms with E-state index in [9.17, 15) is 5.11 Å².